The van der Waals surface area contributed by atoms with Crippen molar-refractivity contribution in [3.8, 4) is 0 Å². The number of hydrogen-bond donors (Lipinski definition) is 3. The number of aliphatic hydroxyl groups excluding tert-OH is 1. The van der Waals surface area contributed by atoms with Crippen molar-refractivity contribution in [2.75, 3.05) is 6.54 Å². The van der Waals surface area contributed by atoms with Gasteiger partial charge in [0.15, 0.2) is 0 Å². The molecule has 1 aromatic carbocycles. The minimum absolute atomic E-state index is 0.0823. The van der Waals surface area contributed by atoms with Gasteiger partial charge in [0, 0.05) is 22.3 Å². The van der Waals surface area contributed by atoms with Gasteiger partial charge in [-0.15, -0.1) is 0 Å². The Morgan fingerprint density at radius 3 is 2.57 bits per heavy atom. The van der Waals surface area contributed by atoms with Gasteiger partial charge in [-0.25, -0.2) is 0 Å². The number of aromatic nitrogens is 2. The quantitative estimate of drug-likeness (QED) is 0.789. The van der Waals surface area contributed by atoms with E-state index in [1.54, 1.807) is 24.3 Å². The Kier molecular flexibility index (Phi) is 5.22. The van der Waals surface area contributed by atoms with Gasteiger partial charge in [0.1, 0.15) is 0 Å². The highest BCUT2D eigenvalue weighted by atomic mass is 35.5. The average molecular weight is 328 g/mol. The molecule has 1 amide bonds. The fraction of sp³-hybridized carbons (Fsp3) is 0.286. The number of aryl methyl sites for hydroxylation is 1. The first kappa shape index (κ1) is 15.8. The van der Waals surface area contributed by atoms with E-state index in [0.29, 0.717) is 21.3 Å². The lowest BCUT2D eigenvalue weighted by Gasteiger charge is -2.12. The maximum absolute atomic E-state index is 11.8. The van der Waals surface area contributed by atoms with Crippen LogP contribution in [0.4, 0.5) is 0 Å². The molecule has 5 nitrogen and oxygen atoms in total. The van der Waals surface area contributed by atoms with E-state index < -0.39 is 6.10 Å². The van der Waals surface area contributed by atoms with Crippen LogP contribution >= 0.6 is 23.2 Å². The molecule has 2 rings (SSSR count). The van der Waals surface area contributed by atoms with Crippen molar-refractivity contribution in [1.29, 1.82) is 0 Å². The van der Waals surface area contributed by atoms with Gasteiger partial charge in [-0.3, -0.25) is 9.89 Å². The molecule has 1 heterocycles. The molecular weight excluding hydrogens is 313 g/mol. The predicted octanol–water partition coefficient (Wildman–Crippen LogP) is 2.42. The van der Waals surface area contributed by atoms with Crippen LogP contribution in [-0.2, 0) is 11.2 Å². The standard InChI is InChI=1S/C14H15Cl2N3O2/c1-8-2-12(19-18-8)6-14(21)17-7-13(20)9-3-10(15)5-11(16)4-9/h2-5,13,20H,6-7H2,1H3,(H,17,21)(H,18,19). The van der Waals surface area contributed by atoms with E-state index in [0.717, 1.165) is 5.69 Å². The Morgan fingerprint density at radius 1 is 1.33 bits per heavy atom. The summed E-state index contributed by atoms with van der Waals surface area (Å²) in [6, 6.07) is 6.60. The molecule has 3 N–H and O–H groups in total. The summed E-state index contributed by atoms with van der Waals surface area (Å²) in [5, 5.41) is 20.3. The number of hydrogen-bond acceptors (Lipinski definition) is 3. The zero-order valence-electron chi connectivity index (χ0n) is 11.4. The third-order valence-electron chi connectivity index (χ3n) is 2.86. The summed E-state index contributed by atoms with van der Waals surface area (Å²) in [6.45, 7) is 1.94. The minimum atomic E-state index is -0.869. The summed E-state index contributed by atoms with van der Waals surface area (Å²) >= 11 is 11.7. The number of carbonyl (C=O) groups is 1. The van der Waals surface area contributed by atoms with Crippen LogP contribution < -0.4 is 5.32 Å². The first-order valence-electron chi connectivity index (χ1n) is 6.35. The van der Waals surface area contributed by atoms with Crippen LogP contribution in [0.2, 0.25) is 10.0 Å². The normalized spacial score (nSPS) is 12.2. The lowest BCUT2D eigenvalue weighted by molar-refractivity contribution is -0.120. The van der Waals surface area contributed by atoms with Crippen molar-refractivity contribution in [2.24, 2.45) is 0 Å². The highest BCUT2D eigenvalue weighted by Gasteiger charge is 2.12. The molecule has 1 aromatic heterocycles. The van der Waals surface area contributed by atoms with Gasteiger partial charge >= 0.3 is 0 Å². The van der Waals surface area contributed by atoms with Gasteiger partial charge in [0.2, 0.25) is 5.91 Å². The predicted molar refractivity (Wildman–Crippen MR) is 81.5 cm³/mol. The topological polar surface area (TPSA) is 78.0 Å². The number of benzene rings is 1. The molecule has 0 radical (unpaired) electrons. The maximum atomic E-state index is 11.8. The van der Waals surface area contributed by atoms with Crippen LogP contribution in [-0.4, -0.2) is 27.8 Å². The number of carbonyl (C=O) groups excluding carboxylic acids is 1. The zero-order chi connectivity index (χ0) is 15.4. The third kappa shape index (κ3) is 4.74. The van der Waals surface area contributed by atoms with Crippen molar-refractivity contribution < 1.29 is 9.90 Å². The molecule has 0 saturated heterocycles. The fourth-order valence-corrected chi connectivity index (χ4v) is 2.43. The number of amides is 1. The molecule has 0 aliphatic rings. The Bertz CT molecular complexity index is 623. The largest absolute Gasteiger partial charge is 0.387 e. The lowest BCUT2D eigenvalue weighted by atomic mass is 10.1. The number of aromatic amines is 1. The third-order valence-corrected chi connectivity index (χ3v) is 3.30. The molecule has 1 unspecified atom stereocenters. The van der Waals surface area contributed by atoms with E-state index in [9.17, 15) is 9.90 Å². The van der Waals surface area contributed by atoms with E-state index in [4.69, 9.17) is 23.2 Å². The van der Waals surface area contributed by atoms with Gasteiger partial charge in [0.25, 0.3) is 0 Å². The zero-order valence-corrected chi connectivity index (χ0v) is 12.9. The maximum Gasteiger partial charge on any atom is 0.226 e. The highest BCUT2D eigenvalue weighted by Crippen LogP contribution is 2.23. The number of nitrogens with one attached hydrogen (secondary N) is 2. The molecule has 0 aliphatic heterocycles. The van der Waals surface area contributed by atoms with Crippen LogP contribution in [0.1, 0.15) is 23.1 Å². The van der Waals surface area contributed by atoms with Crippen LogP contribution in [0.3, 0.4) is 0 Å². The first-order valence-corrected chi connectivity index (χ1v) is 7.11. The Morgan fingerprint density at radius 2 is 2.00 bits per heavy atom. The van der Waals surface area contributed by atoms with Gasteiger partial charge in [-0.1, -0.05) is 23.2 Å². The Labute approximate surface area is 132 Å². The smallest absolute Gasteiger partial charge is 0.226 e. The summed E-state index contributed by atoms with van der Waals surface area (Å²) in [7, 11) is 0. The average Bonchev–Trinajstić information content (AvgIpc) is 2.80. The van der Waals surface area contributed by atoms with E-state index in [1.807, 2.05) is 6.92 Å². The van der Waals surface area contributed by atoms with Gasteiger partial charge in [0.05, 0.1) is 18.2 Å². The van der Waals surface area contributed by atoms with Crippen LogP contribution in [0.5, 0.6) is 0 Å². The second kappa shape index (κ2) is 6.93. The van der Waals surface area contributed by atoms with E-state index in [2.05, 4.69) is 15.5 Å². The van der Waals surface area contributed by atoms with Crippen molar-refractivity contribution in [2.45, 2.75) is 19.4 Å². The fourth-order valence-electron chi connectivity index (χ4n) is 1.89. The van der Waals surface area contributed by atoms with Gasteiger partial charge in [-0.05, 0) is 36.8 Å². The number of nitrogens with zero attached hydrogens (tertiary/aromatic N) is 1. The molecule has 7 heteroatoms. The van der Waals surface area contributed by atoms with Gasteiger partial charge in [-0.2, -0.15) is 5.10 Å². The summed E-state index contributed by atoms with van der Waals surface area (Å²) in [5.41, 5.74) is 2.11. The Balaban J connectivity index is 1.88. The van der Waals surface area contributed by atoms with Crippen molar-refractivity contribution in [3.05, 3.63) is 51.3 Å². The van der Waals surface area contributed by atoms with Crippen molar-refractivity contribution in [3.63, 3.8) is 0 Å². The van der Waals surface area contributed by atoms with Crippen LogP contribution in [0, 0.1) is 6.92 Å². The second-order valence-corrected chi connectivity index (χ2v) is 5.61. The van der Waals surface area contributed by atoms with Crippen LogP contribution in [0.25, 0.3) is 0 Å². The molecule has 0 fully saturated rings. The molecule has 1 atom stereocenters. The molecule has 0 bridgehead atoms. The van der Waals surface area contributed by atoms with Crippen molar-refractivity contribution in [1.82, 2.24) is 15.5 Å². The van der Waals surface area contributed by atoms with E-state index in [-0.39, 0.29) is 18.9 Å². The molecular formula is C14H15Cl2N3O2. The number of H-pyrrole nitrogens is 1. The number of aliphatic hydroxyl groups is 1. The van der Waals surface area contributed by atoms with E-state index >= 15 is 0 Å². The highest BCUT2D eigenvalue weighted by molar-refractivity contribution is 6.34. The summed E-state index contributed by atoms with van der Waals surface area (Å²) in [5.74, 6) is -0.214. The van der Waals surface area contributed by atoms with Crippen LogP contribution in [0.15, 0.2) is 24.3 Å². The molecule has 0 saturated carbocycles. The summed E-state index contributed by atoms with van der Waals surface area (Å²) in [6.07, 6.45) is -0.709. The van der Waals surface area contributed by atoms with Gasteiger partial charge < -0.3 is 10.4 Å². The lowest BCUT2D eigenvalue weighted by Crippen LogP contribution is -2.29. The summed E-state index contributed by atoms with van der Waals surface area (Å²) in [4.78, 5) is 11.8. The molecule has 112 valence electrons. The summed E-state index contributed by atoms with van der Waals surface area (Å²) < 4.78 is 0. The number of halogens is 2. The minimum Gasteiger partial charge on any atom is -0.387 e. The second-order valence-electron chi connectivity index (χ2n) is 4.74. The molecule has 2 aromatic rings. The van der Waals surface area contributed by atoms with E-state index in [1.165, 1.54) is 0 Å². The Hall–Kier alpha value is -1.56. The monoisotopic (exact) mass is 327 g/mol. The first-order chi connectivity index (χ1) is 9.94. The van der Waals surface area contributed by atoms with Crippen molar-refractivity contribution >= 4 is 29.1 Å². The number of rotatable bonds is 5. The molecule has 0 aliphatic carbocycles. The SMILES string of the molecule is Cc1cc(CC(=O)NCC(O)c2cc(Cl)cc(Cl)c2)n[nH]1. The molecule has 0 spiro atoms. The molecule has 21 heavy (non-hydrogen) atoms.